The number of hydrogen-bond acceptors (Lipinski definition) is 3. The number of anilines is 3. The lowest BCUT2D eigenvalue weighted by atomic mass is 10.1. The first-order chi connectivity index (χ1) is 12.1. The van der Waals surface area contributed by atoms with E-state index in [0.29, 0.717) is 22.0 Å². The second-order valence-corrected chi connectivity index (χ2v) is 6.85. The minimum atomic E-state index is -0.168. The molecule has 3 rings (SSSR count). The monoisotopic (exact) mass is 357 g/mol. The first-order valence-corrected chi connectivity index (χ1v) is 9.20. The lowest BCUT2D eigenvalue weighted by Crippen LogP contribution is -2.30. The molecular formula is C20H24ClN3O. The van der Waals surface area contributed by atoms with Crippen LogP contribution in [0.25, 0.3) is 0 Å². The van der Waals surface area contributed by atoms with Crippen LogP contribution in [0.15, 0.2) is 36.4 Å². The predicted molar refractivity (Wildman–Crippen MR) is 106 cm³/mol. The highest BCUT2D eigenvalue weighted by molar-refractivity contribution is 6.34. The van der Waals surface area contributed by atoms with Crippen molar-refractivity contribution in [3.8, 4) is 0 Å². The third-order valence-electron chi connectivity index (χ3n) is 4.69. The van der Waals surface area contributed by atoms with Crippen molar-refractivity contribution < 1.29 is 4.79 Å². The number of carbonyl (C=O) groups is 1. The number of amides is 1. The molecule has 0 bridgehead atoms. The number of nitrogen functional groups attached to an aromatic ring is 1. The average molecular weight is 358 g/mol. The van der Waals surface area contributed by atoms with Crippen LogP contribution in [0.1, 0.15) is 42.1 Å². The van der Waals surface area contributed by atoms with Gasteiger partial charge in [0, 0.05) is 18.7 Å². The highest BCUT2D eigenvalue weighted by atomic mass is 35.5. The Morgan fingerprint density at radius 1 is 1.16 bits per heavy atom. The largest absolute Gasteiger partial charge is 0.397 e. The van der Waals surface area contributed by atoms with Crippen molar-refractivity contribution in [2.75, 3.05) is 29.0 Å². The van der Waals surface area contributed by atoms with Crippen LogP contribution in [-0.4, -0.2) is 19.0 Å². The highest BCUT2D eigenvalue weighted by Gasteiger charge is 2.17. The zero-order chi connectivity index (χ0) is 17.8. The quantitative estimate of drug-likeness (QED) is 0.778. The molecule has 1 fully saturated rings. The van der Waals surface area contributed by atoms with Gasteiger partial charge in [-0.25, -0.2) is 0 Å². The molecule has 5 heteroatoms. The molecule has 25 heavy (non-hydrogen) atoms. The molecule has 0 radical (unpaired) electrons. The van der Waals surface area contributed by atoms with Gasteiger partial charge in [0.2, 0.25) is 0 Å². The van der Waals surface area contributed by atoms with Crippen molar-refractivity contribution in [2.24, 2.45) is 0 Å². The SMILES string of the molecule is CCc1ccc(C(=O)Nc2cc(N3CCCCC3)c(N)cc2Cl)cc1. The molecular weight excluding hydrogens is 334 g/mol. The third-order valence-corrected chi connectivity index (χ3v) is 5.00. The fourth-order valence-electron chi connectivity index (χ4n) is 3.17. The molecule has 2 aromatic rings. The summed E-state index contributed by atoms with van der Waals surface area (Å²) in [5.74, 6) is -0.168. The van der Waals surface area contributed by atoms with E-state index in [9.17, 15) is 4.79 Å². The average Bonchev–Trinajstić information content (AvgIpc) is 2.64. The van der Waals surface area contributed by atoms with Gasteiger partial charge in [0.25, 0.3) is 5.91 Å². The second kappa shape index (κ2) is 7.79. The Morgan fingerprint density at radius 3 is 2.48 bits per heavy atom. The van der Waals surface area contributed by atoms with Gasteiger partial charge in [0.05, 0.1) is 22.1 Å². The fraction of sp³-hybridized carbons (Fsp3) is 0.350. The number of nitrogens with zero attached hydrogens (tertiary/aromatic N) is 1. The smallest absolute Gasteiger partial charge is 0.255 e. The Kier molecular flexibility index (Phi) is 5.49. The van der Waals surface area contributed by atoms with Crippen molar-refractivity contribution in [2.45, 2.75) is 32.6 Å². The highest BCUT2D eigenvalue weighted by Crippen LogP contribution is 2.35. The van der Waals surface area contributed by atoms with Crippen LogP contribution >= 0.6 is 11.6 Å². The molecule has 3 N–H and O–H groups in total. The molecule has 1 aliphatic heterocycles. The van der Waals surface area contributed by atoms with E-state index in [1.165, 1.54) is 12.0 Å². The van der Waals surface area contributed by atoms with Gasteiger partial charge in [0.15, 0.2) is 0 Å². The number of piperidine rings is 1. The van der Waals surface area contributed by atoms with Crippen LogP contribution in [0.2, 0.25) is 5.02 Å². The van der Waals surface area contributed by atoms with Gasteiger partial charge < -0.3 is 16.0 Å². The van der Waals surface area contributed by atoms with E-state index >= 15 is 0 Å². The summed E-state index contributed by atoms with van der Waals surface area (Å²) >= 11 is 6.31. The van der Waals surface area contributed by atoms with E-state index in [1.54, 1.807) is 6.07 Å². The van der Waals surface area contributed by atoms with Gasteiger partial charge in [0.1, 0.15) is 0 Å². The number of halogens is 1. The van der Waals surface area contributed by atoms with Crippen molar-refractivity contribution in [3.05, 3.63) is 52.5 Å². The maximum atomic E-state index is 12.5. The van der Waals surface area contributed by atoms with E-state index in [4.69, 9.17) is 17.3 Å². The number of nitrogens with one attached hydrogen (secondary N) is 1. The van der Waals surface area contributed by atoms with E-state index in [1.807, 2.05) is 30.3 Å². The summed E-state index contributed by atoms with van der Waals surface area (Å²) in [6.07, 6.45) is 4.52. The summed E-state index contributed by atoms with van der Waals surface area (Å²) in [5.41, 5.74) is 10.2. The summed E-state index contributed by atoms with van der Waals surface area (Å²) < 4.78 is 0. The minimum Gasteiger partial charge on any atom is -0.397 e. The molecule has 132 valence electrons. The van der Waals surface area contributed by atoms with Crippen molar-refractivity contribution in [1.29, 1.82) is 0 Å². The normalized spacial score (nSPS) is 14.4. The topological polar surface area (TPSA) is 58.4 Å². The molecule has 1 saturated heterocycles. The molecule has 1 aliphatic rings. The first kappa shape index (κ1) is 17.6. The van der Waals surface area contributed by atoms with E-state index in [-0.39, 0.29) is 5.91 Å². The predicted octanol–water partition coefficient (Wildman–Crippen LogP) is 4.73. The molecule has 4 nitrogen and oxygen atoms in total. The molecule has 1 amide bonds. The standard InChI is InChI=1S/C20H24ClN3O/c1-2-14-6-8-15(9-7-14)20(25)23-18-13-19(17(22)12-16(18)21)24-10-4-3-5-11-24/h6-9,12-13H,2-5,10-11,22H2,1H3,(H,23,25). The number of nitrogens with two attached hydrogens (primary N) is 1. The molecule has 0 unspecified atom stereocenters. The Balaban J connectivity index is 1.82. The maximum Gasteiger partial charge on any atom is 0.255 e. The van der Waals surface area contributed by atoms with E-state index < -0.39 is 0 Å². The molecule has 0 saturated carbocycles. The number of benzene rings is 2. The van der Waals surface area contributed by atoms with Gasteiger partial charge in [-0.05, 0) is 55.5 Å². The van der Waals surface area contributed by atoms with Crippen LogP contribution in [0.5, 0.6) is 0 Å². The van der Waals surface area contributed by atoms with Gasteiger partial charge in [-0.1, -0.05) is 30.7 Å². The van der Waals surface area contributed by atoms with Crippen LogP contribution in [0.3, 0.4) is 0 Å². The summed E-state index contributed by atoms with van der Waals surface area (Å²) in [6, 6.07) is 11.2. The van der Waals surface area contributed by atoms with Gasteiger partial charge in [-0.15, -0.1) is 0 Å². The summed E-state index contributed by atoms with van der Waals surface area (Å²) in [5, 5.41) is 3.37. The molecule has 0 aromatic heterocycles. The molecule has 0 atom stereocenters. The zero-order valence-electron chi connectivity index (χ0n) is 14.5. The lowest BCUT2D eigenvalue weighted by molar-refractivity contribution is 0.102. The maximum absolute atomic E-state index is 12.5. The van der Waals surface area contributed by atoms with Gasteiger partial charge in [-0.2, -0.15) is 0 Å². The summed E-state index contributed by atoms with van der Waals surface area (Å²) in [7, 11) is 0. The summed E-state index contributed by atoms with van der Waals surface area (Å²) in [6.45, 7) is 4.06. The van der Waals surface area contributed by atoms with E-state index in [0.717, 1.165) is 38.0 Å². The van der Waals surface area contributed by atoms with Gasteiger partial charge in [-0.3, -0.25) is 4.79 Å². The van der Waals surface area contributed by atoms with Crippen molar-refractivity contribution in [3.63, 3.8) is 0 Å². The van der Waals surface area contributed by atoms with E-state index in [2.05, 4.69) is 17.1 Å². The molecule has 0 aliphatic carbocycles. The summed E-state index contributed by atoms with van der Waals surface area (Å²) in [4.78, 5) is 14.8. The van der Waals surface area contributed by atoms with Crippen molar-refractivity contribution in [1.82, 2.24) is 0 Å². The Morgan fingerprint density at radius 2 is 1.84 bits per heavy atom. The fourth-order valence-corrected chi connectivity index (χ4v) is 3.39. The molecule has 0 spiro atoms. The van der Waals surface area contributed by atoms with Crippen LogP contribution in [0.4, 0.5) is 17.1 Å². The first-order valence-electron chi connectivity index (χ1n) is 8.82. The van der Waals surface area contributed by atoms with Crippen molar-refractivity contribution >= 4 is 34.6 Å². The van der Waals surface area contributed by atoms with Crippen LogP contribution < -0.4 is 16.0 Å². The molecule has 2 aromatic carbocycles. The number of hydrogen-bond donors (Lipinski definition) is 2. The Bertz CT molecular complexity index is 752. The zero-order valence-corrected chi connectivity index (χ0v) is 15.3. The Labute approximate surface area is 154 Å². The number of carbonyl (C=O) groups excluding carboxylic acids is 1. The third kappa shape index (κ3) is 4.07. The number of rotatable bonds is 4. The lowest BCUT2D eigenvalue weighted by Gasteiger charge is -2.30. The van der Waals surface area contributed by atoms with Gasteiger partial charge >= 0.3 is 0 Å². The van der Waals surface area contributed by atoms with Crippen LogP contribution in [-0.2, 0) is 6.42 Å². The minimum absolute atomic E-state index is 0.168. The Hall–Kier alpha value is -2.20. The number of aryl methyl sites for hydroxylation is 1. The second-order valence-electron chi connectivity index (χ2n) is 6.44. The van der Waals surface area contributed by atoms with Crippen LogP contribution in [0, 0.1) is 0 Å². The molecule has 1 heterocycles.